The van der Waals surface area contributed by atoms with Crippen LogP contribution in [0.2, 0.25) is 0 Å². The van der Waals surface area contributed by atoms with Crippen molar-refractivity contribution in [3.8, 4) is 0 Å². The molecule has 0 atom stereocenters. The van der Waals surface area contributed by atoms with Crippen molar-refractivity contribution in [3.63, 3.8) is 0 Å². The molecule has 0 bridgehead atoms. The van der Waals surface area contributed by atoms with Gasteiger partial charge in [-0.3, -0.25) is 9.59 Å². The van der Waals surface area contributed by atoms with Crippen molar-refractivity contribution < 1.29 is 14.5 Å². The molecule has 0 spiro atoms. The number of benzene rings is 1. The van der Waals surface area contributed by atoms with Crippen molar-refractivity contribution in [1.82, 2.24) is 5.43 Å². The smallest absolute Gasteiger partial charge is 0.329 e. The third-order valence-electron chi connectivity index (χ3n) is 3.30. The SMILES string of the molecule is C[NH+]1CCC(=NNC(=O)C(=O)Nc2ccc(Br)cc2)CC1. The third kappa shape index (κ3) is 4.95. The summed E-state index contributed by atoms with van der Waals surface area (Å²) in [6.07, 6.45) is 1.70. The van der Waals surface area contributed by atoms with Crippen LogP contribution < -0.4 is 15.6 Å². The van der Waals surface area contributed by atoms with Crippen LogP contribution in [0.25, 0.3) is 0 Å². The number of nitrogens with zero attached hydrogens (tertiary/aromatic N) is 1. The van der Waals surface area contributed by atoms with Crippen LogP contribution in [0.3, 0.4) is 0 Å². The van der Waals surface area contributed by atoms with Crippen LogP contribution in [0.4, 0.5) is 5.69 Å². The molecule has 0 radical (unpaired) electrons. The number of hydrazone groups is 1. The van der Waals surface area contributed by atoms with Crippen LogP contribution >= 0.6 is 15.9 Å². The second-order valence-corrected chi connectivity index (χ2v) is 5.95. The minimum Gasteiger partial charge on any atom is -0.337 e. The summed E-state index contributed by atoms with van der Waals surface area (Å²) in [5.41, 5.74) is 3.82. The van der Waals surface area contributed by atoms with E-state index in [1.165, 1.54) is 4.90 Å². The predicted octanol–water partition coefficient (Wildman–Crippen LogP) is 0.168. The zero-order chi connectivity index (χ0) is 15.2. The van der Waals surface area contributed by atoms with Gasteiger partial charge in [-0.2, -0.15) is 5.10 Å². The molecule has 1 aromatic rings. The highest BCUT2D eigenvalue weighted by molar-refractivity contribution is 9.10. The van der Waals surface area contributed by atoms with Crippen molar-refractivity contribution >= 4 is 39.1 Å². The number of likely N-dealkylation sites (tertiary alicyclic amines) is 1. The molecule has 1 aromatic carbocycles. The summed E-state index contributed by atoms with van der Waals surface area (Å²) >= 11 is 3.30. The molecule has 112 valence electrons. The summed E-state index contributed by atoms with van der Waals surface area (Å²) in [6, 6.07) is 6.99. The molecule has 2 rings (SSSR count). The number of halogens is 1. The molecule has 0 saturated carbocycles. The first-order valence-corrected chi connectivity index (χ1v) is 7.57. The van der Waals surface area contributed by atoms with E-state index in [0.29, 0.717) is 5.69 Å². The molecule has 1 aliphatic rings. The minimum absolute atomic E-state index is 0.564. The first kappa shape index (κ1) is 15.7. The molecule has 0 unspecified atom stereocenters. The molecule has 1 saturated heterocycles. The monoisotopic (exact) mass is 353 g/mol. The van der Waals surface area contributed by atoms with Crippen molar-refractivity contribution in [2.75, 3.05) is 25.5 Å². The van der Waals surface area contributed by atoms with Crippen LogP contribution in [0.5, 0.6) is 0 Å². The number of anilines is 1. The summed E-state index contributed by atoms with van der Waals surface area (Å²) in [5.74, 6) is -1.48. The summed E-state index contributed by atoms with van der Waals surface area (Å²) in [7, 11) is 2.13. The number of carbonyl (C=O) groups is 2. The average Bonchev–Trinajstić information content (AvgIpc) is 2.48. The zero-order valence-electron chi connectivity index (χ0n) is 11.8. The van der Waals surface area contributed by atoms with E-state index in [-0.39, 0.29) is 0 Å². The van der Waals surface area contributed by atoms with Gasteiger partial charge in [-0.1, -0.05) is 15.9 Å². The number of nitrogens with one attached hydrogen (secondary N) is 3. The normalized spacial score (nSPS) is 18.0. The van der Waals surface area contributed by atoms with E-state index in [2.05, 4.69) is 38.8 Å². The molecule has 21 heavy (non-hydrogen) atoms. The molecular formula is C14H18BrN4O2+. The van der Waals surface area contributed by atoms with Crippen LogP contribution in [-0.2, 0) is 9.59 Å². The van der Waals surface area contributed by atoms with Crippen LogP contribution in [-0.4, -0.2) is 37.7 Å². The van der Waals surface area contributed by atoms with E-state index in [4.69, 9.17) is 0 Å². The number of rotatable bonds is 2. The van der Waals surface area contributed by atoms with Gasteiger partial charge in [-0.05, 0) is 24.3 Å². The fourth-order valence-corrected chi connectivity index (χ4v) is 2.24. The average molecular weight is 354 g/mol. The number of carbonyl (C=O) groups excluding carboxylic acids is 2. The maximum absolute atomic E-state index is 11.7. The minimum atomic E-state index is -0.753. The Labute approximate surface area is 131 Å². The van der Waals surface area contributed by atoms with Crippen molar-refractivity contribution in [1.29, 1.82) is 0 Å². The highest BCUT2D eigenvalue weighted by Gasteiger charge is 2.16. The fourth-order valence-electron chi connectivity index (χ4n) is 1.98. The Balaban J connectivity index is 1.84. The molecule has 7 heteroatoms. The van der Waals surface area contributed by atoms with E-state index in [1.54, 1.807) is 24.3 Å². The predicted molar refractivity (Wildman–Crippen MR) is 84.2 cm³/mol. The lowest BCUT2D eigenvalue weighted by Gasteiger charge is -2.20. The highest BCUT2D eigenvalue weighted by atomic mass is 79.9. The van der Waals surface area contributed by atoms with E-state index in [0.717, 1.165) is 36.1 Å². The molecule has 3 N–H and O–H groups in total. The van der Waals surface area contributed by atoms with Gasteiger partial charge in [0, 0.05) is 28.7 Å². The number of hydrogen-bond acceptors (Lipinski definition) is 3. The lowest BCUT2D eigenvalue weighted by atomic mass is 10.1. The molecule has 1 heterocycles. The van der Waals surface area contributed by atoms with Gasteiger partial charge in [0.1, 0.15) is 0 Å². The molecule has 2 amide bonds. The van der Waals surface area contributed by atoms with Crippen molar-refractivity contribution in [3.05, 3.63) is 28.7 Å². The molecule has 1 fully saturated rings. The van der Waals surface area contributed by atoms with Crippen molar-refractivity contribution in [2.24, 2.45) is 5.10 Å². The Hall–Kier alpha value is -1.73. The Morgan fingerprint density at radius 3 is 2.38 bits per heavy atom. The quantitative estimate of drug-likeness (QED) is 0.523. The maximum atomic E-state index is 11.7. The molecular weight excluding hydrogens is 336 g/mol. The Morgan fingerprint density at radius 2 is 1.76 bits per heavy atom. The second-order valence-electron chi connectivity index (χ2n) is 5.04. The largest absolute Gasteiger partial charge is 0.337 e. The van der Waals surface area contributed by atoms with Gasteiger partial charge < -0.3 is 10.2 Å². The summed E-state index contributed by atoms with van der Waals surface area (Å²) < 4.78 is 0.903. The molecule has 0 aromatic heterocycles. The topological polar surface area (TPSA) is 75.0 Å². The first-order valence-electron chi connectivity index (χ1n) is 6.78. The Kier molecular flexibility index (Phi) is 5.46. The van der Waals surface area contributed by atoms with E-state index >= 15 is 0 Å². The van der Waals surface area contributed by atoms with E-state index in [1.807, 2.05) is 0 Å². The van der Waals surface area contributed by atoms with Gasteiger partial charge in [-0.25, -0.2) is 5.43 Å². The summed E-state index contributed by atoms with van der Waals surface area (Å²) in [6.45, 7) is 2.00. The van der Waals surface area contributed by atoms with Gasteiger partial charge in [0.05, 0.1) is 20.1 Å². The van der Waals surface area contributed by atoms with Crippen LogP contribution in [0.1, 0.15) is 12.8 Å². The summed E-state index contributed by atoms with van der Waals surface area (Å²) in [4.78, 5) is 24.8. The molecule has 6 nitrogen and oxygen atoms in total. The number of amides is 2. The number of hydrogen-bond donors (Lipinski definition) is 3. The van der Waals surface area contributed by atoms with Crippen molar-refractivity contribution in [2.45, 2.75) is 12.8 Å². The lowest BCUT2D eigenvalue weighted by Crippen LogP contribution is -3.10. The Morgan fingerprint density at radius 1 is 1.14 bits per heavy atom. The van der Waals surface area contributed by atoms with Gasteiger partial charge in [-0.15, -0.1) is 0 Å². The lowest BCUT2D eigenvalue weighted by molar-refractivity contribution is -0.880. The van der Waals surface area contributed by atoms with Gasteiger partial charge >= 0.3 is 11.8 Å². The second kappa shape index (κ2) is 7.33. The summed E-state index contributed by atoms with van der Waals surface area (Å²) in [5, 5.41) is 6.55. The maximum Gasteiger partial charge on any atom is 0.329 e. The molecule has 1 aliphatic heterocycles. The van der Waals surface area contributed by atoms with Crippen LogP contribution in [0.15, 0.2) is 33.8 Å². The zero-order valence-corrected chi connectivity index (χ0v) is 13.4. The van der Waals surface area contributed by atoms with Gasteiger partial charge in [0.2, 0.25) is 0 Å². The first-order chi connectivity index (χ1) is 10.0. The van der Waals surface area contributed by atoms with E-state index in [9.17, 15) is 9.59 Å². The van der Waals surface area contributed by atoms with Gasteiger partial charge in [0.25, 0.3) is 0 Å². The number of piperidine rings is 1. The fraction of sp³-hybridized carbons (Fsp3) is 0.357. The van der Waals surface area contributed by atoms with E-state index < -0.39 is 11.8 Å². The Bertz CT molecular complexity index is 547. The van der Waals surface area contributed by atoms with Crippen LogP contribution in [0, 0.1) is 0 Å². The molecule has 0 aliphatic carbocycles. The third-order valence-corrected chi connectivity index (χ3v) is 3.83. The standard InChI is InChI=1S/C14H17BrN4O2/c1-19-8-6-12(7-9-19)17-18-14(21)13(20)16-11-4-2-10(15)3-5-11/h2-5H,6-9H2,1H3,(H,16,20)(H,18,21)/p+1. The van der Waals surface area contributed by atoms with Gasteiger partial charge in [0.15, 0.2) is 0 Å². The highest BCUT2D eigenvalue weighted by Crippen LogP contribution is 2.13. The number of quaternary nitrogens is 1.